The highest BCUT2D eigenvalue weighted by Gasteiger charge is 2.14. The van der Waals surface area contributed by atoms with Crippen molar-refractivity contribution in [2.45, 2.75) is 6.92 Å². The minimum atomic E-state index is -1.02. The van der Waals surface area contributed by atoms with Gasteiger partial charge >= 0.3 is 5.97 Å². The lowest BCUT2D eigenvalue weighted by Crippen LogP contribution is -2.11. The SMILES string of the molecule is Cc1c(C(=O)O)cnn1-c1cccc(NC(=O)c2ccsc2)c1. The first kappa shape index (κ1) is 15.0. The van der Waals surface area contributed by atoms with Crippen molar-refractivity contribution < 1.29 is 14.7 Å². The van der Waals surface area contributed by atoms with E-state index < -0.39 is 5.97 Å². The van der Waals surface area contributed by atoms with E-state index in [1.165, 1.54) is 22.2 Å². The molecule has 3 rings (SSSR count). The molecule has 0 saturated carbocycles. The molecule has 0 atom stereocenters. The number of carbonyl (C=O) groups excluding carboxylic acids is 1. The van der Waals surface area contributed by atoms with E-state index in [0.717, 1.165) is 0 Å². The van der Waals surface area contributed by atoms with E-state index in [1.807, 2.05) is 5.38 Å². The number of carbonyl (C=O) groups is 2. The van der Waals surface area contributed by atoms with Gasteiger partial charge in [0.15, 0.2) is 0 Å². The average Bonchev–Trinajstić information content (AvgIpc) is 3.16. The number of rotatable bonds is 4. The molecular weight excluding hydrogens is 314 g/mol. The summed E-state index contributed by atoms with van der Waals surface area (Å²) in [6.07, 6.45) is 1.31. The number of hydrogen-bond acceptors (Lipinski definition) is 4. The Morgan fingerprint density at radius 2 is 2.13 bits per heavy atom. The molecule has 0 radical (unpaired) electrons. The summed E-state index contributed by atoms with van der Waals surface area (Å²) in [5.74, 6) is -1.21. The van der Waals surface area contributed by atoms with Crippen molar-refractivity contribution in [3.8, 4) is 5.69 Å². The molecule has 7 heteroatoms. The summed E-state index contributed by atoms with van der Waals surface area (Å²) in [5, 5.41) is 19.6. The molecule has 0 spiro atoms. The Morgan fingerprint density at radius 1 is 1.30 bits per heavy atom. The lowest BCUT2D eigenvalue weighted by molar-refractivity contribution is 0.0696. The van der Waals surface area contributed by atoms with E-state index in [9.17, 15) is 9.59 Å². The molecule has 0 aliphatic heterocycles. The monoisotopic (exact) mass is 327 g/mol. The van der Waals surface area contributed by atoms with Gasteiger partial charge in [-0.2, -0.15) is 16.4 Å². The normalized spacial score (nSPS) is 10.5. The predicted molar refractivity (Wildman–Crippen MR) is 87.5 cm³/mol. The van der Waals surface area contributed by atoms with Crippen molar-refractivity contribution in [2.75, 3.05) is 5.32 Å². The van der Waals surface area contributed by atoms with Crippen LogP contribution in [0.2, 0.25) is 0 Å². The van der Waals surface area contributed by atoms with E-state index in [0.29, 0.717) is 22.6 Å². The molecule has 23 heavy (non-hydrogen) atoms. The van der Waals surface area contributed by atoms with Gasteiger partial charge in [0.1, 0.15) is 5.56 Å². The van der Waals surface area contributed by atoms with Crippen molar-refractivity contribution in [2.24, 2.45) is 0 Å². The first-order valence-electron chi connectivity index (χ1n) is 6.78. The quantitative estimate of drug-likeness (QED) is 0.771. The van der Waals surface area contributed by atoms with Gasteiger partial charge in [0.25, 0.3) is 5.91 Å². The fourth-order valence-corrected chi connectivity index (χ4v) is 2.83. The van der Waals surface area contributed by atoms with E-state index in [-0.39, 0.29) is 11.5 Å². The first-order chi connectivity index (χ1) is 11.1. The van der Waals surface area contributed by atoms with E-state index in [4.69, 9.17) is 5.11 Å². The number of carboxylic acid groups (broad SMARTS) is 1. The van der Waals surface area contributed by atoms with Gasteiger partial charge < -0.3 is 10.4 Å². The molecule has 0 fully saturated rings. The molecule has 0 aliphatic carbocycles. The van der Waals surface area contributed by atoms with Gasteiger partial charge in [-0.05, 0) is 36.6 Å². The highest BCUT2D eigenvalue weighted by atomic mass is 32.1. The van der Waals surface area contributed by atoms with Crippen LogP contribution < -0.4 is 5.32 Å². The zero-order chi connectivity index (χ0) is 16.4. The number of amides is 1. The van der Waals surface area contributed by atoms with Gasteiger partial charge in [0.05, 0.1) is 23.1 Å². The molecule has 3 aromatic rings. The Kier molecular flexibility index (Phi) is 3.94. The third-order valence-electron chi connectivity index (χ3n) is 3.37. The third kappa shape index (κ3) is 3.00. The number of carboxylic acids is 1. The Hall–Kier alpha value is -2.93. The van der Waals surface area contributed by atoms with Crippen molar-refractivity contribution in [1.82, 2.24) is 9.78 Å². The van der Waals surface area contributed by atoms with Gasteiger partial charge in [0.2, 0.25) is 0 Å². The molecule has 2 heterocycles. The number of nitrogens with one attached hydrogen (secondary N) is 1. The highest BCUT2D eigenvalue weighted by Crippen LogP contribution is 2.19. The number of aromatic nitrogens is 2. The fraction of sp³-hybridized carbons (Fsp3) is 0.0625. The van der Waals surface area contributed by atoms with Crippen LogP contribution in [0.3, 0.4) is 0 Å². The summed E-state index contributed by atoms with van der Waals surface area (Å²) in [4.78, 5) is 23.2. The van der Waals surface area contributed by atoms with Crippen LogP contribution in [-0.4, -0.2) is 26.8 Å². The minimum Gasteiger partial charge on any atom is -0.478 e. The van der Waals surface area contributed by atoms with Crippen LogP contribution in [0.25, 0.3) is 5.69 Å². The predicted octanol–water partition coefficient (Wildman–Crippen LogP) is 3.19. The van der Waals surface area contributed by atoms with Crippen LogP contribution in [0.15, 0.2) is 47.3 Å². The van der Waals surface area contributed by atoms with Crippen molar-refractivity contribution in [3.05, 3.63) is 64.1 Å². The number of aromatic carboxylic acids is 1. The summed E-state index contributed by atoms with van der Waals surface area (Å²) in [6, 6.07) is 8.84. The van der Waals surface area contributed by atoms with Crippen LogP contribution >= 0.6 is 11.3 Å². The fourth-order valence-electron chi connectivity index (χ4n) is 2.19. The summed E-state index contributed by atoms with van der Waals surface area (Å²) >= 11 is 1.46. The minimum absolute atomic E-state index is 0.151. The molecule has 6 nitrogen and oxygen atoms in total. The molecular formula is C16H13N3O3S. The summed E-state index contributed by atoms with van der Waals surface area (Å²) in [6.45, 7) is 1.69. The maximum Gasteiger partial charge on any atom is 0.339 e. The average molecular weight is 327 g/mol. The molecule has 1 amide bonds. The molecule has 1 aromatic carbocycles. The van der Waals surface area contributed by atoms with Gasteiger partial charge in [-0.1, -0.05) is 6.07 Å². The standard InChI is InChI=1S/C16H13N3O3S/c1-10-14(16(21)22)8-17-19(10)13-4-2-3-12(7-13)18-15(20)11-5-6-23-9-11/h2-9H,1H3,(H,18,20)(H,21,22). The van der Waals surface area contributed by atoms with E-state index in [1.54, 1.807) is 42.6 Å². The Morgan fingerprint density at radius 3 is 2.78 bits per heavy atom. The van der Waals surface area contributed by atoms with E-state index in [2.05, 4.69) is 10.4 Å². The van der Waals surface area contributed by atoms with Crippen LogP contribution in [0, 0.1) is 6.92 Å². The lowest BCUT2D eigenvalue weighted by Gasteiger charge is -2.08. The van der Waals surface area contributed by atoms with Crippen LogP contribution in [0.1, 0.15) is 26.4 Å². The maximum absolute atomic E-state index is 12.1. The smallest absolute Gasteiger partial charge is 0.339 e. The second-order valence-electron chi connectivity index (χ2n) is 4.88. The molecule has 0 aliphatic rings. The Labute approximate surface area is 136 Å². The molecule has 0 saturated heterocycles. The molecule has 0 bridgehead atoms. The van der Waals surface area contributed by atoms with Crippen molar-refractivity contribution in [1.29, 1.82) is 0 Å². The number of benzene rings is 1. The molecule has 2 N–H and O–H groups in total. The zero-order valence-corrected chi connectivity index (χ0v) is 13.0. The summed E-state index contributed by atoms with van der Waals surface area (Å²) < 4.78 is 1.53. The topological polar surface area (TPSA) is 84.2 Å². The van der Waals surface area contributed by atoms with E-state index >= 15 is 0 Å². The largest absolute Gasteiger partial charge is 0.478 e. The lowest BCUT2D eigenvalue weighted by atomic mass is 10.2. The summed E-state index contributed by atoms with van der Waals surface area (Å²) in [5.41, 5.74) is 2.57. The third-order valence-corrected chi connectivity index (χ3v) is 4.06. The molecule has 116 valence electrons. The van der Waals surface area contributed by atoms with Gasteiger partial charge in [-0.3, -0.25) is 4.79 Å². The number of anilines is 1. The van der Waals surface area contributed by atoms with Gasteiger partial charge in [-0.15, -0.1) is 0 Å². The number of hydrogen-bond donors (Lipinski definition) is 2. The molecule has 0 unspecified atom stereocenters. The summed E-state index contributed by atoms with van der Waals surface area (Å²) in [7, 11) is 0. The van der Waals surface area contributed by atoms with Crippen LogP contribution in [-0.2, 0) is 0 Å². The maximum atomic E-state index is 12.1. The van der Waals surface area contributed by atoms with Crippen molar-refractivity contribution in [3.63, 3.8) is 0 Å². The van der Waals surface area contributed by atoms with Crippen LogP contribution in [0.5, 0.6) is 0 Å². The Bertz CT molecular complexity index is 869. The number of thiophene rings is 1. The van der Waals surface area contributed by atoms with Gasteiger partial charge in [0, 0.05) is 11.1 Å². The van der Waals surface area contributed by atoms with Crippen LogP contribution in [0.4, 0.5) is 5.69 Å². The Balaban J connectivity index is 1.88. The highest BCUT2D eigenvalue weighted by molar-refractivity contribution is 7.08. The number of nitrogens with zero attached hydrogens (tertiary/aromatic N) is 2. The first-order valence-corrected chi connectivity index (χ1v) is 7.72. The second kappa shape index (κ2) is 6.05. The van der Waals surface area contributed by atoms with Gasteiger partial charge in [-0.25, -0.2) is 9.48 Å². The van der Waals surface area contributed by atoms with Crippen molar-refractivity contribution >= 4 is 28.9 Å². The molecule has 2 aromatic heterocycles. The second-order valence-corrected chi connectivity index (χ2v) is 5.66. The zero-order valence-electron chi connectivity index (χ0n) is 12.2.